The second-order valence-electron chi connectivity index (χ2n) is 6.50. The number of aryl methyl sites for hydroxylation is 2. The predicted octanol–water partition coefficient (Wildman–Crippen LogP) is 3.97. The third-order valence-corrected chi connectivity index (χ3v) is 5.34. The van der Waals surface area contributed by atoms with Gasteiger partial charge in [0.25, 0.3) is 0 Å². The van der Waals surface area contributed by atoms with Crippen molar-refractivity contribution in [3.05, 3.63) is 66.0 Å². The van der Waals surface area contributed by atoms with Crippen molar-refractivity contribution < 1.29 is 4.79 Å². The molecule has 1 aromatic heterocycles. The summed E-state index contributed by atoms with van der Waals surface area (Å²) in [4.78, 5) is 16.2. The molecule has 0 radical (unpaired) electrons. The second-order valence-corrected chi connectivity index (χ2v) is 7.61. The maximum absolute atomic E-state index is 11.8. The first-order valence-corrected chi connectivity index (χ1v) is 10.4. The summed E-state index contributed by atoms with van der Waals surface area (Å²) in [5.74, 6) is 1.88. The lowest BCUT2D eigenvalue weighted by Crippen LogP contribution is -2.37. The molecule has 1 heterocycles. The van der Waals surface area contributed by atoms with Crippen molar-refractivity contribution in [2.45, 2.75) is 25.6 Å². The lowest BCUT2D eigenvalue weighted by Gasteiger charge is -2.08. The molecular weight excluding hydrogens is 356 g/mol. The molecule has 6 heteroatoms. The van der Waals surface area contributed by atoms with Gasteiger partial charge in [0.1, 0.15) is 0 Å². The highest BCUT2D eigenvalue weighted by atomic mass is 32.2. The van der Waals surface area contributed by atoms with E-state index >= 15 is 0 Å². The summed E-state index contributed by atoms with van der Waals surface area (Å²) >= 11 is 1.83. The number of carbonyl (C=O) groups is 1. The molecule has 2 N–H and O–H groups in total. The van der Waals surface area contributed by atoms with Gasteiger partial charge in [0.2, 0.25) is 0 Å². The molecule has 0 saturated carbocycles. The molecule has 0 aliphatic carbocycles. The molecule has 27 heavy (non-hydrogen) atoms. The van der Waals surface area contributed by atoms with Gasteiger partial charge in [0, 0.05) is 31.1 Å². The summed E-state index contributed by atoms with van der Waals surface area (Å²) in [6, 6.07) is 16.6. The van der Waals surface area contributed by atoms with E-state index in [1.54, 1.807) is 0 Å². The zero-order valence-electron chi connectivity index (χ0n) is 15.6. The highest BCUT2D eigenvalue weighted by Gasteiger charge is 2.02. The number of para-hydroxylation sites is 2. The monoisotopic (exact) mass is 382 g/mol. The Morgan fingerprint density at radius 1 is 1.07 bits per heavy atom. The number of hydrogen-bond acceptors (Lipinski definition) is 3. The molecule has 142 valence electrons. The van der Waals surface area contributed by atoms with Crippen LogP contribution in [-0.4, -0.2) is 34.4 Å². The van der Waals surface area contributed by atoms with Gasteiger partial charge in [0.15, 0.2) is 0 Å². The number of hydrogen-bond donors (Lipinski definition) is 2. The Morgan fingerprint density at radius 2 is 1.85 bits per heavy atom. The molecular formula is C21H26N4OS. The summed E-state index contributed by atoms with van der Waals surface area (Å²) in [5.41, 5.74) is 4.74. The van der Waals surface area contributed by atoms with Gasteiger partial charge in [-0.1, -0.05) is 42.0 Å². The largest absolute Gasteiger partial charge is 0.338 e. The minimum Gasteiger partial charge on any atom is -0.338 e. The van der Waals surface area contributed by atoms with Crippen LogP contribution in [0, 0.1) is 6.92 Å². The van der Waals surface area contributed by atoms with Gasteiger partial charge in [-0.3, -0.25) is 0 Å². The van der Waals surface area contributed by atoms with Gasteiger partial charge in [-0.15, -0.1) is 0 Å². The van der Waals surface area contributed by atoms with Gasteiger partial charge >= 0.3 is 6.03 Å². The van der Waals surface area contributed by atoms with E-state index < -0.39 is 0 Å². The van der Waals surface area contributed by atoms with Gasteiger partial charge in [0.05, 0.1) is 17.4 Å². The summed E-state index contributed by atoms with van der Waals surface area (Å²) in [6.45, 7) is 4.26. The number of aromatic nitrogens is 2. The van der Waals surface area contributed by atoms with Crippen LogP contribution in [0.4, 0.5) is 4.79 Å². The highest BCUT2D eigenvalue weighted by Crippen LogP contribution is 2.13. The minimum atomic E-state index is -0.0959. The van der Waals surface area contributed by atoms with Crippen LogP contribution in [0.15, 0.2) is 54.9 Å². The van der Waals surface area contributed by atoms with Gasteiger partial charge in [-0.05, 0) is 31.0 Å². The Balaban J connectivity index is 1.25. The summed E-state index contributed by atoms with van der Waals surface area (Å²) in [7, 11) is 0. The first kappa shape index (κ1) is 19.3. The van der Waals surface area contributed by atoms with Crippen molar-refractivity contribution in [3.8, 4) is 0 Å². The van der Waals surface area contributed by atoms with Crippen molar-refractivity contribution in [1.29, 1.82) is 0 Å². The molecule has 0 atom stereocenters. The zero-order valence-corrected chi connectivity index (χ0v) is 16.5. The average molecular weight is 383 g/mol. The fourth-order valence-electron chi connectivity index (χ4n) is 2.81. The SMILES string of the molecule is Cc1ccc(CSCCNC(=O)NCCCn2cnc3ccccc32)cc1. The highest BCUT2D eigenvalue weighted by molar-refractivity contribution is 7.98. The second kappa shape index (κ2) is 10.0. The summed E-state index contributed by atoms with van der Waals surface area (Å²) in [6.07, 6.45) is 2.73. The van der Waals surface area contributed by atoms with Gasteiger partial charge in [-0.2, -0.15) is 11.8 Å². The minimum absolute atomic E-state index is 0.0959. The normalized spacial score (nSPS) is 10.9. The molecule has 0 unspecified atom stereocenters. The van der Waals surface area contributed by atoms with Crippen molar-refractivity contribution in [1.82, 2.24) is 20.2 Å². The van der Waals surface area contributed by atoms with E-state index in [1.807, 2.05) is 36.3 Å². The molecule has 0 bridgehead atoms. The number of nitrogens with one attached hydrogen (secondary N) is 2. The van der Waals surface area contributed by atoms with Crippen molar-refractivity contribution in [3.63, 3.8) is 0 Å². The van der Waals surface area contributed by atoms with E-state index in [4.69, 9.17) is 0 Å². The first-order chi connectivity index (χ1) is 13.2. The Labute approximate surface area is 164 Å². The number of carbonyl (C=O) groups excluding carboxylic acids is 1. The molecule has 2 aromatic carbocycles. The smallest absolute Gasteiger partial charge is 0.314 e. The molecule has 0 spiro atoms. The standard InChI is InChI=1S/C21H26N4OS/c1-17-7-9-18(10-8-17)15-27-14-12-23-21(26)22-11-4-13-25-16-24-19-5-2-3-6-20(19)25/h2-3,5-10,16H,4,11-15H2,1H3,(H2,22,23,26). The Kier molecular flexibility index (Phi) is 7.16. The predicted molar refractivity (Wildman–Crippen MR) is 113 cm³/mol. The van der Waals surface area contributed by atoms with Crippen molar-refractivity contribution in [2.24, 2.45) is 0 Å². The third-order valence-electron chi connectivity index (χ3n) is 4.31. The molecule has 0 fully saturated rings. The molecule has 2 amide bonds. The fraction of sp³-hybridized carbons (Fsp3) is 0.333. The molecule has 3 rings (SSSR count). The van der Waals surface area contributed by atoms with E-state index in [2.05, 4.69) is 57.4 Å². The number of imidazole rings is 1. The third kappa shape index (κ3) is 6.03. The number of thioether (sulfide) groups is 1. The van der Waals surface area contributed by atoms with Crippen LogP contribution in [0.1, 0.15) is 17.5 Å². The van der Waals surface area contributed by atoms with Gasteiger partial charge < -0.3 is 15.2 Å². The quantitative estimate of drug-likeness (QED) is 0.551. The first-order valence-electron chi connectivity index (χ1n) is 9.27. The summed E-state index contributed by atoms with van der Waals surface area (Å²) < 4.78 is 2.12. The lowest BCUT2D eigenvalue weighted by molar-refractivity contribution is 0.241. The van der Waals surface area contributed by atoms with Crippen LogP contribution < -0.4 is 10.6 Å². The van der Waals surface area contributed by atoms with Crippen molar-refractivity contribution >= 4 is 28.8 Å². The van der Waals surface area contributed by atoms with E-state index in [-0.39, 0.29) is 6.03 Å². The molecule has 3 aromatic rings. The lowest BCUT2D eigenvalue weighted by atomic mass is 10.2. The number of benzene rings is 2. The number of urea groups is 1. The van der Waals surface area contributed by atoms with Gasteiger partial charge in [-0.25, -0.2) is 9.78 Å². The fourth-order valence-corrected chi connectivity index (χ4v) is 3.63. The van der Waals surface area contributed by atoms with Crippen molar-refractivity contribution in [2.75, 3.05) is 18.8 Å². The van der Waals surface area contributed by atoms with Crippen LogP contribution in [0.25, 0.3) is 11.0 Å². The van der Waals surface area contributed by atoms with E-state index in [9.17, 15) is 4.79 Å². The molecule has 0 saturated heterocycles. The Hall–Kier alpha value is -2.47. The zero-order chi connectivity index (χ0) is 18.9. The number of fused-ring (bicyclic) bond motifs is 1. The van der Waals surface area contributed by atoms with E-state index in [0.717, 1.165) is 35.5 Å². The maximum atomic E-state index is 11.8. The molecule has 0 aliphatic rings. The maximum Gasteiger partial charge on any atom is 0.314 e. The number of nitrogens with zero attached hydrogens (tertiary/aromatic N) is 2. The van der Waals surface area contributed by atoms with E-state index in [1.165, 1.54) is 11.1 Å². The average Bonchev–Trinajstić information content (AvgIpc) is 3.10. The van der Waals surface area contributed by atoms with Crippen LogP contribution in [0.3, 0.4) is 0 Å². The van der Waals surface area contributed by atoms with Crippen LogP contribution >= 0.6 is 11.8 Å². The summed E-state index contributed by atoms with van der Waals surface area (Å²) in [5, 5.41) is 5.83. The van der Waals surface area contributed by atoms with E-state index in [0.29, 0.717) is 13.1 Å². The van der Waals surface area contributed by atoms with Crippen LogP contribution in [0.2, 0.25) is 0 Å². The van der Waals surface area contributed by atoms with Crippen LogP contribution in [0.5, 0.6) is 0 Å². The molecule has 5 nitrogen and oxygen atoms in total. The Bertz CT molecular complexity index is 860. The van der Waals surface area contributed by atoms with Crippen LogP contribution in [-0.2, 0) is 12.3 Å². The molecule has 0 aliphatic heterocycles. The topological polar surface area (TPSA) is 59.0 Å². The number of amides is 2. The number of rotatable bonds is 9. The Morgan fingerprint density at radius 3 is 2.70 bits per heavy atom.